The molecule has 1 unspecified atom stereocenters. The molecule has 1 N–H and O–H groups in total. The summed E-state index contributed by atoms with van der Waals surface area (Å²) in [7, 11) is 1.79. The van der Waals surface area contributed by atoms with Gasteiger partial charge < -0.3 is 10.1 Å². The predicted octanol–water partition coefficient (Wildman–Crippen LogP) is 5.31. The van der Waals surface area contributed by atoms with Crippen molar-refractivity contribution in [2.45, 2.75) is 58.9 Å². The molecule has 1 aliphatic rings. The van der Waals surface area contributed by atoms with Crippen LogP contribution in [0.3, 0.4) is 0 Å². The Balaban J connectivity index is 2.37. The SMILES string of the molecule is CCNC(CC1CCCC1)c1c(C)c(Br)cc(C)c1OC. The summed E-state index contributed by atoms with van der Waals surface area (Å²) in [5.41, 5.74) is 3.86. The van der Waals surface area contributed by atoms with Crippen LogP contribution in [0.5, 0.6) is 5.75 Å². The molecule has 0 saturated heterocycles. The van der Waals surface area contributed by atoms with Crippen molar-refractivity contribution >= 4 is 15.9 Å². The van der Waals surface area contributed by atoms with Gasteiger partial charge >= 0.3 is 0 Å². The minimum Gasteiger partial charge on any atom is -0.496 e. The average molecular weight is 354 g/mol. The van der Waals surface area contributed by atoms with Crippen LogP contribution >= 0.6 is 15.9 Å². The van der Waals surface area contributed by atoms with Gasteiger partial charge in [-0.1, -0.05) is 48.5 Å². The predicted molar refractivity (Wildman–Crippen MR) is 93.2 cm³/mol. The van der Waals surface area contributed by atoms with E-state index in [0.29, 0.717) is 6.04 Å². The highest BCUT2D eigenvalue weighted by Crippen LogP contribution is 2.40. The lowest BCUT2D eigenvalue weighted by Gasteiger charge is -2.27. The molecule has 1 aliphatic carbocycles. The van der Waals surface area contributed by atoms with E-state index in [0.717, 1.165) is 18.2 Å². The molecule has 1 atom stereocenters. The Bertz CT molecular complexity index is 481. The van der Waals surface area contributed by atoms with Gasteiger partial charge in [-0.25, -0.2) is 0 Å². The van der Waals surface area contributed by atoms with Crippen LogP contribution in [0, 0.1) is 19.8 Å². The zero-order chi connectivity index (χ0) is 15.4. The highest BCUT2D eigenvalue weighted by molar-refractivity contribution is 9.10. The lowest BCUT2D eigenvalue weighted by Crippen LogP contribution is -2.24. The summed E-state index contributed by atoms with van der Waals surface area (Å²) < 4.78 is 6.93. The Kier molecular flexibility index (Phi) is 6.12. The molecular formula is C18H28BrNO. The van der Waals surface area contributed by atoms with E-state index in [1.54, 1.807) is 7.11 Å². The Morgan fingerprint density at radius 3 is 2.57 bits per heavy atom. The summed E-state index contributed by atoms with van der Waals surface area (Å²) in [5.74, 6) is 1.91. The van der Waals surface area contributed by atoms with Crippen LogP contribution in [0.2, 0.25) is 0 Å². The molecule has 1 aromatic carbocycles. The number of halogens is 1. The van der Waals surface area contributed by atoms with Crippen LogP contribution in [0.4, 0.5) is 0 Å². The van der Waals surface area contributed by atoms with Gasteiger partial charge in [0.25, 0.3) is 0 Å². The molecule has 1 saturated carbocycles. The van der Waals surface area contributed by atoms with Crippen molar-refractivity contribution in [2.24, 2.45) is 5.92 Å². The molecule has 0 aromatic heterocycles. The van der Waals surface area contributed by atoms with E-state index < -0.39 is 0 Å². The average Bonchev–Trinajstić information content (AvgIpc) is 2.95. The van der Waals surface area contributed by atoms with E-state index in [9.17, 15) is 0 Å². The summed E-state index contributed by atoms with van der Waals surface area (Å²) in [6.07, 6.45) is 6.79. The van der Waals surface area contributed by atoms with E-state index in [4.69, 9.17) is 4.74 Å². The van der Waals surface area contributed by atoms with Crippen molar-refractivity contribution in [3.63, 3.8) is 0 Å². The van der Waals surface area contributed by atoms with Crippen molar-refractivity contribution < 1.29 is 4.74 Å². The highest BCUT2D eigenvalue weighted by atomic mass is 79.9. The number of ether oxygens (including phenoxy) is 1. The lowest BCUT2D eigenvalue weighted by atomic mass is 9.89. The van der Waals surface area contributed by atoms with E-state index in [2.05, 4.69) is 48.1 Å². The number of methoxy groups -OCH3 is 1. The smallest absolute Gasteiger partial charge is 0.126 e. The van der Waals surface area contributed by atoms with Gasteiger partial charge in [-0.15, -0.1) is 0 Å². The standard InChI is InChI=1S/C18H28BrNO/c1-5-20-16(11-14-8-6-7-9-14)17-13(3)15(19)10-12(2)18(17)21-4/h10,14,16,20H,5-9,11H2,1-4H3. The van der Waals surface area contributed by atoms with Crippen LogP contribution in [0.15, 0.2) is 10.5 Å². The van der Waals surface area contributed by atoms with Gasteiger partial charge in [-0.05, 0) is 49.9 Å². The molecule has 2 rings (SSSR count). The lowest BCUT2D eigenvalue weighted by molar-refractivity contribution is 0.367. The normalized spacial score (nSPS) is 17.2. The molecule has 1 aromatic rings. The van der Waals surface area contributed by atoms with Gasteiger partial charge in [-0.2, -0.15) is 0 Å². The first-order valence-electron chi connectivity index (χ1n) is 8.15. The van der Waals surface area contributed by atoms with Crippen LogP contribution in [-0.4, -0.2) is 13.7 Å². The van der Waals surface area contributed by atoms with Crippen molar-refractivity contribution in [3.8, 4) is 5.75 Å². The van der Waals surface area contributed by atoms with Gasteiger partial charge in [0.1, 0.15) is 5.75 Å². The first kappa shape index (κ1) is 16.8. The van der Waals surface area contributed by atoms with E-state index >= 15 is 0 Å². The van der Waals surface area contributed by atoms with Gasteiger partial charge in [0.2, 0.25) is 0 Å². The minimum absolute atomic E-state index is 0.393. The molecule has 0 heterocycles. The molecule has 0 amide bonds. The number of benzene rings is 1. The van der Waals surface area contributed by atoms with E-state index in [1.165, 1.54) is 53.3 Å². The summed E-state index contributed by atoms with van der Waals surface area (Å²) in [4.78, 5) is 0. The Morgan fingerprint density at radius 1 is 1.33 bits per heavy atom. The quantitative estimate of drug-likeness (QED) is 0.748. The molecular weight excluding hydrogens is 326 g/mol. The molecule has 1 fully saturated rings. The maximum atomic E-state index is 5.74. The first-order valence-corrected chi connectivity index (χ1v) is 8.94. The molecule has 21 heavy (non-hydrogen) atoms. The van der Waals surface area contributed by atoms with E-state index in [1.807, 2.05) is 0 Å². The molecule has 0 bridgehead atoms. The highest BCUT2D eigenvalue weighted by Gasteiger charge is 2.25. The second kappa shape index (κ2) is 7.64. The minimum atomic E-state index is 0.393. The summed E-state index contributed by atoms with van der Waals surface area (Å²) >= 11 is 3.71. The van der Waals surface area contributed by atoms with Gasteiger partial charge in [0.15, 0.2) is 0 Å². The van der Waals surface area contributed by atoms with Crippen LogP contribution in [0.25, 0.3) is 0 Å². The van der Waals surface area contributed by atoms with Crippen LogP contribution < -0.4 is 10.1 Å². The number of aryl methyl sites for hydroxylation is 1. The topological polar surface area (TPSA) is 21.3 Å². The van der Waals surface area contributed by atoms with Crippen LogP contribution in [-0.2, 0) is 0 Å². The maximum Gasteiger partial charge on any atom is 0.126 e. The van der Waals surface area contributed by atoms with Crippen molar-refractivity contribution in [1.82, 2.24) is 5.32 Å². The molecule has 2 nitrogen and oxygen atoms in total. The Labute approximate surface area is 137 Å². The third-order valence-corrected chi connectivity index (χ3v) is 5.58. The number of rotatable bonds is 6. The molecule has 0 aliphatic heterocycles. The summed E-state index contributed by atoms with van der Waals surface area (Å²) in [6, 6.07) is 2.56. The second-order valence-corrected chi connectivity index (χ2v) is 7.10. The maximum absolute atomic E-state index is 5.74. The van der Waals surface area contributed by atoms with Gasteiger partial charge in [-0.3, -0.25) is 0 Å². The zero-order valence-corrected chi connectivity index (χ0v) is 15.3. The van der Waals surface area contributed by atoms with Crippen molar-refractivity contribution in [1.29, 1.82) is 0 Å². The third-order valence-electron chi connectivity index (χ3n) is 4.76. The Morgan fingerprint density at radius 2 is 2.00 bits per heavy atom. The second-order valence-electron chi connectivity index (χ2n) is 6.24. The van der Waals surface area contributed by atoms with E-state index in [-0.39, 0.29) is 0 Å². The fourth-order valence-corrected chi connectivity index (χ4v) is 4.25. The zero-order valence-electron chi connectivity index (χ0n) is 13.8. The van der Waals surface area contributed by atoms with Gasteiger partial charge in [0.05, 0.1) is 7.11 Å². The van der Waals surface area contributed by atoms with Crippen molar-refractivity contribution in [3.05, 3.63) is 27.2 Å². The number of nitrogens with one attached hydrogen (secondary N) is 1. The molecule has 0 radical (unpaired) electrons. The first-order chi connectivity index (χ1) is 10.1. The van der Waals surface area contributed by atoms with Gasteiger partial charge in [0, 0.05) is 16.1 Å². The molecule has 3 heteroatoms. The fourth-order valence-electron chi connectivity index (χ4n) is 3.69. The Hall–Kier alpha value is -0.540. The number of hydrogen-bond donors (Lipinski definition) is 1. The molecule has 0 spiro atoms. The monoisotopic (exact) mass is 353 g/mol. The number of hydrogen-bond acceptors (Lipinski definition) is 2. The largest absolute Gasteiger partial charge is 0.496 e. The van der Waals surface area contributed by atoms with Crippen LogP contribution in [0.1, 0.15) is 61.8 Å². The third kappa shape index (κ3) is 3.81. The summed E-state index contributed by atoms with van der Waals surface area (Å²) in [6.45, 7) is 7.51. The summed E-state index contributed by atoms with van der Waals surface area (Å²) in [5, 5.41) is 3.69. The molecule has 118 valence electrons. The fraction of sp³-hybridized carbons (Fsp3) is 0.667. The van der Waals surface area contributed by atoms with Crippen molar-refractivity contribution in [2.75, 3.05) is 13.7 Å².